The highest BCUT2D eigenvalue weighted by Crippen LogP contribution is 2.30. The molecule has 0 aliphatic rings. The molecule has 0 radical (unpaired) electrons. The predicted octanol–water partition coefficient (Wildman–Crippen LogP) is 2.89. The van der Waals surface area contributed by atoms with Crippen molar-refractivity contribution >= 4 is 31.8 Å². The molecule has 22 heavy (non-hydrogen) atoms. The third-order valence-corrected chi connectivity index (χ3v) is 5.70. The van der Waals surface area contributed by atoms with E-state index in [2.05, 4.69) is 9.97 Å². The molecule has 1 aromatic carbocycles. The number of nitrogens with one attached hydrogen (secondary N) is 1. The van der Waals surface area contributed by atoms with Crippen LogP contribution >= 0.6 is 0 Å². The van der Waals surface area contributed by atoms with Crippen LogP contribution in [0.3, 0.4) is 0 Å². The number of hydrogen-bond donors (Lipinski definition) is 1. The van der Waals surface area contributed by atoms with Crippen LogP contribution in [0.15, 0.2) is 64.8 Å². The molecule has 0 atom stereocenters. The highest BCUT2D eigenvalue weighted by molar-refractivity contribution is 7.91. The summed E-state index contributed by atoms with van der Waals surface area (Å²) in [4.78, 5) is 7.65. The Hall–Kier alpha value is -2.60. The number of sulfone groups is 1. The fourth-order valence-electron chi connectivity index (χ4n) is 2.81. The molecule has 0 spiro atoms. The summed E-state index contributed by atoms with van der Waals surface area (Å²) in [5.74, 6) is 0. The van der Waals surface area contributed by atoms with Crippen LogP contribution in [-0.4, -0.2) is 23.0 Å². The molecule has 6 heteroatoms. The standard InChI is InChI=1S/C16H13N3O2S/c1-19-14(22(20,21)12-5-3-2-4-6-12)9-11-10-18-16-13(15(11)19)7-8-17-16/h2-10H,1H3,(H,17,18). The second-order valence-corrected chi connectivity index (χ2v) is 7.06. The zero-order valence-electron chi connectivity index (χ0n) is 11.8. The Morgan fingerprint density at radius 2 is 1.91 bits per heavy atom. The number of fused-ring (bicyclic) bond motifs is 3. The first-order valence-electron chi connectivity index (χ1n) is 6.81. The van der Waals surface area contributed by atoms with Crippen LogP contribution < -0.4 is 0 Å². The molecular formula is C16H13N3O2S. The molecule has 0 saturated carbocycles. The van der Waals surface area contributed by atoms with Gasteiger partial charge in [-0.15, -0.1) is 0 Å². The molecule has 0 fully saturated rings. The number of aromatic nitrogens is 3. The minimum Gasteiger partial charge on any atom is -0.346 e. The van der Waals surface area contributed by atoms with E-state index >= 15 is 0 Å². The molecule has 0 bridgehead atoms. The van der Waals surface area contributed by atoms with Crippen molar-refractivity contribution in [2.24, 2.45) is 7.05 Å². The zero-order chi connectivity index (χ0) is 15.3. The molecule has 3 aromatic heterocycles. The average Bonchev–Trinajstić information content (AvgIpc) is 3.12. The van der Waals surface area contributed by atoms with Crippen LogP contribution in [0.2, 0.25) is 0 Å². The van der Waals surface area contributed by atoms with Crippen LogP contribution in [-0.2, 0) is 16.9 Å². The summed E-state index contributed by atoms with van der Waals surface area (Å²) in [5, 5.41) is 1.99. The van der Waals surface area contributed by atoms with Crippen molar-refractivity contribution in [2.75, 3.05) is 0 Å². The van der Waals surface area contributed by atoms with Gasteiger partial charge in [-0.2, -0.15) is 0 Å². The Bertz CT molecular complexity index is 1090. The largest absolute Gasteiger partial charge is 0.346 e. The van der Waals surface area contributed by atoms with Gasteiger partial charge in [-0.25, -0.2) is 13.4 Å². The van der Waals surface area contributed by atoms with Gasteiger partial charge in [-0.05, 0) is 24.3 Å². The van der Waals surface area contributed by atoms with E-state index < -0.39 is 9.84 Å². The van der Waals surface area contributed by atoms with Gasteiger partial charge in [0.2, 0.25) is 9.84 Å². The zero-order valence-corrected chi connectivity index (χ0v) is 12.6. The minimum absolute atomic E-state index is 0.268. The Balaban J connectivity index is 2.06. The van der Waals surface area contributed by atoms with E-state index in [0.29, 0.717) is 4.90 Å². The topological polar surface area (TPSA) is 67.8 Å². The maximum Gasteiger partial charge on any atom is 0.222 e. The molecule has 4 rings (SSSR count). The lowest BCUT2D eigenvalue weighted by Gasteiger charge is -2.06. The number of H-pyrrole nitrogens is 1. The maximum atomic E-state index is 12.8. The van der Waals surface area contributed by atoms with Gasteiger partial charge >= 0.3 is 0 Å². The summed E-state index contributed by atoms with van der Waals surface area (Å²) >= 11 is 0. The lowest BCUT2D eigenvalue weighted by molar-refractivity contribution is 0.587. The lowest BCUT2D eigenvalue weighted by atomic mass is 10.2. The van der Waals surface area contributed by atoms with Crippen molar-refractivity contribution in [2.45, 2.75) is 9.92 Å². The minimum atomic E-state index is -3.56. The van der Waals surface area contributed by atoms with Gasteiger partial charge in [0.05, 0.1) is 10.4 Å². The molecule has 0 amide bonds. The lowest BCUT2D eigenvalue weighted by Crippen LogP contribution is -2.07. The first kappa shape index (κ1) is 13.1. The summed E-state index contributed by atoms with van der Waals surface area (Å²) in [5.41, 5.74) is 1.61. The third kappa shape index (κ3) is 1.70. The van der Waals surface area contributed by atoms with Gasteiger partial charge in [0, 0.05) is 30.2 Å². The summed E-state index contributed by atoms with van der Waals surface area (Å²) < 4.78 is 27.4. The second kappa shape index (κ2) is 4.45. The van der Waals surface area contributed by atoms with Crippen molar-refractivity contribution in [1.82, 2.24) is 14.5 Å². The van der Waals surface area contributed by atoms with Crippen LogP contribution in [0.25, 0.3) is 21.9 Å². The van der Waals surface area contributed by atoms with Crippen LogP contribution in [0, 0.1) is 0 Å². The van der Waals surface area contributed by atoms with Crippen molar-refractivity contribution in [3.63, 3.8) is 0 Å². The fourth-order valence-corrected chi connectivity index (χ4v) is 4.30. The summed E-state index contributed by atoms with van der Waals surface area (Å²) in [6.07, 6.45) is 3.49. The third-order valence-electron chi connectivity index (χ3n) is 3.86. The van der Waals surface area contributed by atoms with Gasteiger partial charge in [-0.3, -0.25) is 0 Å². The molecular weight excluding hydrogens is 298 g/mol. The normalized spacial score (nSPS) is 12.2. The van der Waals surface area contributed by atoms with E-state index in [-0.39, 0.29) is 5.03 Å². The SMILES string of the molecule is Cn1c(S(=O)(=O)c2ccccc2)cc2cnc3[nH]ccc3c21. The van der Waals surface area contributed by atoms with Crippen LogP contribution in [0.4, 0.5) is 0 Å². The Kier molecular flexibility index (Phi) is 2.65. The second-order valence-electron chi connectivity index (χ2n) is 5.16. The van der Waals surface area contributed by atoms with E-state index in [0.717, 1.165) is 21.9 Å². The molecule has 0 saturated heterocycles. The number of aryl methyl sites for hydroxylation is 1. The number of hydrogen-bond acceptors (Lipinski definition) is 3. The molecule has 1 N–H and O–H groups in total. The number of pyridine rings is 1. The first-order valence-corrected chi connectivity index (χ1v) is 8.29. The molecule has 0 aliphatic heterocycles. The molecule has 110 valence electrons. The van der Waals surface area contributed by atoms with Gasteiger partial charge < -0.3 is 9.55 Å². The number of rotatable bonds is 2. The fraction of sp³-hybridized carbons (Fsp3) is 0.0625. The number of nitrogens with zero attached hydrogens (tertiary/aromatic N) is 2. The van der Waals surface area contributed by atoms with E-state index in [4.69, 9.17) is 0 Å². The van der Waals surface area contributed by atoms with Crippen molar-refractivity contribution in [3.05, 3.63) is 54.9 Å². The number of benzene rings is 1. The summed E-state index contributed by atoms with van der Waals surface area (Å²) in [7, 11) is -1.79. The van der Waals surface area contributed by atoms with Crippen molar-refractivity contribution < 1.29 is 8.42 Å². The predicted molar refractivity (Wildman–Crippen MR) is 84.5 cm³/mol. The molecule has 0 unspecified atom stereocenters. The smallest absolute Gasteiger partial charge is 0.222 e. The van der Waals surface area contributed by atoms with E-state index in [1.807, 2.05) is 6.07 Å². The highest BCUT2D eigenvalue weighted by atomic mass is 32.2. The van der Waals surface area contributed by atoms with E-state index in [1.165, 1.54) is 0 Å². The van der Waals surface area contributed by atoms with E-state index in [1.54, 1.807) is 60.4 Å². The van der Waals surface area contributed by atoms with Crippen molar-refractivity contribution in [1.29, 1.82) is 0 Å². The average molecular weight is 311 g/mol. The Labute approximate surface area is 127 Å². The van der Waals surface area contributed by atoms with Gasteiger partial charge in [0.1, 0.15) is 10.7 Å². The number of aromatic amines is 1. The monoisotopic (exact) mass is 311 g/mol. The van der Waals surface area contributed by atoms with E-state index in [9.17, 15) is 8.42 Å². The highest BCUT2D eigenvalue weighted by Gasteiger charge is 2.23. The van der Waals surface area contributed by atoms with Crippen LogP contribution in [0.5, 0.6) is 0 Å². The maximum absolute atomic E-state index is 12.8. The summed E-state index contributed by atoms with van der Waals surface area (Å²) in [6, 6.07) is 12.0. The van der Waals surface area contributed by atoms with Gasteiger partial charge in [0.25, 0.3) is 0 Å². The molecule has 3 heterocycles. The van der Waals surface area contributed by atoms with Gasteiger partial charge in [0.15, 0.2) is 0 Å². The first-order chi connectivity index (χ1) is 10.6. The molecule has 4 aromatic rings. The summed E-state index contributed by atoms with van der Waals surface area (Å²) in [6.45, 7) is 0. The molecule has 0 aliphatic carbocycles. The van der Waals surface area contributed by atoms with Crippen LogP contribution in [0.1, 0.15) is 0 Å². The van der Waals surface area contributed by atoms with Gasteiger partial charge in [-0.1, -0.05) is 18.2 Å². The Morgan fingerprint density at radius 3 is 2.68 bits per heavy atom. The Morgan fingerprint density at radius 1 is 1.14 bits per heavy atom. The van der Waals surface area contributed by atoms with Crippen molar-refractivity contribution in [3.8, 4) is 0 Å². The molecule has 5 nitrogen and oxygen atoms in total. The quantitative estimate of drug-likeness (QED) is 0.619.